The largest absolute Gasteiger partial charge is 0.395 e. The highest BCUT2D eigenvalue weighted by atomic mass is 16.3. The van der Waals surface area contributed by atoms with Crippen LogP contribution in [-0.4, -0.2) is 35.2 Å². The summed E-state index contributed by atoms with van der Waals surface area (Å²) in [6, 6.07) is 0. The summed E-state index contributed by atoms with van der Waals surface area (Å²) in [6.07, 6.45) is 11.3. The maximum absolute atomic E-state index is 9.13. The predicted octanol–water partition coefficient (Wildman–Crippen LogP) is 2.19. The number of likely N-dealkylation sites (tertiary alicyclic amines) is 1. The molecule has 1 saturated carbocycles. The first-order chi connectivity index (χ1) is 7.30. The fraction of sp³-hybridized carbons (Fsp3) is 0.846. The van der Waals surface area contributed by atoms with Crippen molar-refractivity contribution in [1.29, 1.82) is 0 Å². The average Bonchev–Trinajstić information content (AvgIpc) is 2.24. The Kier molecular flexibility index (Phi) is 3.47. The van der Waals surface area contributed by atoms with Crippen molar-refractivity contribution in [2.24, 2.45) is 5.92 Å². The van der Waals surface area contributed by atoms with Crippen LogP contribution in [0.4, 0.5) is 0 Å². The van der Waals surface area contributed by atoms with Crippen LogP contribution in [0.5, 0.6) is 0 Å². The van der Waals surface area contributed by atoms with Gasteiger partial charge in [-0.25, -0.2) is 0 Å². The number of β-amino-alcohol motifs (C(OH)–C–C–N with tert-alkyl or cyclic N) is 1. The molecule has 2 heteroatoms. The first-order valence-corrected chi connectivity index (χ1v) is 6.30. The van der Waals surface area contributed by atoms with Crippen LogP contribution < -0.4 is 0 Å². The molecule has 86 valence electrons. The third-order valence-corrected chi connectivity index (χ3v) is 4.15. The highest BCUT2D eigenvalue weighted by molar-refractivity contribution is 5.11. The molecule has 0 radical (unpaired) electrons. The summed E-state index contributed by atoms with van der Waals surface area (Å²) >= 11 is 0. The van der Waals surface area contributed by atoms with Crippen LogP contribution in [0.25, 0.3) is 0 Å². The number of rotatable bonds is 3. The Hall–Kier alpha value is -0.340. The summed E-state index contributed by atoms with van der Waals surface area (Å²) in [5.41, 5.74) is 0.290. The average molecular weight is 209 g/mol. The second kappa shape index (κ2) is 4.67. The van der Waals surface area contributed by atoms with E-state index < -0.39 is 0 Å². The third-order valence-electron chi connectivity index (χ3n) is 4.15. The van der Waals surface area contributed by atoms with Gasteiger partial charge in [0.1, 0.15) is 0 Å². The van der Waals surface area contributed by atoms with E-state index in [0.29, 0.717) is 12.1 Å². The van der Waals surface area contributed by atoms with Gasteiger partial charge in [0.15, 0.2) is 0 Å². The van der Waals surface area contributed by atoms with Gasteiger partial charge in [0.25, 0.3) is 0 Å². The van der Waals surface area contributed by atoms with Gasteiger partial charge in [-0.1, -0.05) is 25.0 Å². The molecule has 2 bridgehead atoms. The molecule has 2 aliphatic rings. The van der Waals surface area contributed by atoms with Crippen molar-refractivity contribution in [3.63, 3.8) is 0 Å². The van der Waals surface area contributed by atoms with Gasteiger partial charge in [0.2, 0.25) is 0 Å². The molecule has 0 aromatic carbocycles. The molecule has 0 spiro atoms. The summed E-state index contributed by atoms with van der Waals surface area (Å²) in [4.78, 5) is 2.50. The maximum atomic E-state index is 9.13. The van der Waals surface area contributed by atoms with Crippen LogP contribution >= 0.6 is 0 Å². The van der Waals surface area contributed by atoms with Crippen molar-refractivity contribution >= 4 is 0 Å². The Morgan fingerprint density at radius 3 is 3.07 bits per heavy atom. The number of allylic oxidation sites excluding steroid dienone is 1. The summed E-state index contributed by atoms with van der Waals surface area (Å²) in [7, 11) is 0. The fourth-order valence-electron chi connectivity index (χ4n) is 3.52. The second-order valence-electron chi connectivity index (χ2n) is 5.07. The fourth-order valence-corrected chi connectivity index (χ4v) is 3.52. The standard InChI is InChI=1S/C13H23NO/c1-2-6-13-7-3-4-12(11-13)5-8-14(13)9-10-15/h2,6,12,15H,3-5,7-11H2,1H3/b6-2-/t12-,13-/m0/s1. The summed E-state index contributed by atoms with van der Waals surface area (Å²) in [5, 5.41) is 9.13. The quantitative estimate of drug-likeness (QED) is 0.720. The molecule has 1 saturated heterocycles. The van der Waals surface area contributed by atoms with Gasteiger partial charge in [-0.2, -0.15) is 0 Å². The smallest absolute Gasteiger partial charge is 0.0558 e. The number of hydrogen-bond acceptors (Lipinski definition) is 2. The van der Waals surface area contributed by atoms with E-state index in [9.17, 15) is 0 Å². The third kappa shape index (κ3) is 2.11. The monoisotopic (exact) mass is 209 g/mol. The van der Waals surface area contributed by atoms with E-state index in [1.165, 1.54) is 38.6 Å². The molecule has 1 aliphatic carbocycles. The summed E-state index contributed by atoms with van der Waals surface area (Å²) in [5.74, 6) is 0.935. The lowest BCUT2D eigenvalue weighted by atomic mass is 9.70. The lowest BCUT2D eigenvalue weighted by Gasteiger charge is -2.51. The molecule has 1 N–H and O–H groups in total. The van der Waals surface area contributed by atoms with E-state index in [0.717, 1.165) is 12.5 Å². The van der Waals surface area contributed by atoms with Crippen LogP contribution in [0.1, 0.15) is 39.0 Å². The maximum Gasteiger partial charge on any atom is 0.0558 e. The van der Waals surface area contributed by atoms with Gasteiger partial charge < -0.3 is 5.11 Å². The lowest BCUT2D eigenvalue weighted by molar-refractivity contribution is 0.00863. The summed E-state index contributed by atoms with van der Waals surface area (Å²) < 4.78 is 0. The van der Waals surface area contributed by atoms with E-state index in [1.807, 2.05) is 0 Å². The Morgan fingerprint density at radius 2 is 2.33 bits per heavy atom. The molecule has 0 unspecified atom stereocenters. The van der Waals surface area contributed by atoms with Crippen molar-refractivity contribution in [3.8, 4) is 0 Å². The van der Waals surface area contributed by atoms with Gasteiger partial charge in [-0.3, -0.25) is 4.90 Å². The van der Waals surface area contributed by atoms with Crippen molar-refractivity contribution in [2.75, 3.05) is 19.7 Å². The number of hydrogen-bond donors (Lipinski definition) is 1. The lowest BCUT2D eigenvalue weighted by Crippen LogP contribution is -2.55. The second-order valence-corrected chi connectivity index (χ2v) is 5.07. The number of aliphatic hydroxyl groups is 1. The molecule has 1 aliphatic heterocycles. The molecule has 0 aromatic rings. The van der Waals surface area contributed by atoms with Crippen molar-refractivity contribution in [1.82, 2.24) is 4.90 Å². The Balaban J connectivity index is 2.16. The number of nitrogens with zero attached hydrogens (tertiary/aromatic N) is 1. The zero-order valence-electron chi connectivity index (χ0n) is 9.78. The van der Waals surface area contributed by atoms with Gasteiger partial charge in [0.05, 0.1) is 6.61 Å². The number of aliphatic hydroxyl groups excluding tert-OH is 1. The number of piperidine rings is 1. The molecular weight excluding hydrogens is 186 g/mol. The molecule has 0 aromatic heterocycles. The molecular formula is C13H23NO. The Bertz CT molecular complexity index is 239. The zero-order chi connectivity index (χ0) is 10.7. The van der Waals surface area contributed by atoms with Crippen LogP contribution in [0.3, 0.4) is 0 Å². The molecule has 2 fully saturated rings. The Labute approximate surface area is 93.0 Å². The van der Waals surface area contributed by atoms with Crippen molar-refractivity contribution in [3.05, 3.63) is 12.2 Å². The van der Waals surface area contributed by atoms with Gasteiger partial charge in [0, 0.05) is 12.1 Å². The molecule has 1 heterocycles. The van der Waals surface area contributed by atoms with E-state index in [-0.39, 0.29) is 0 Å². The molecule has 0 amide bonds. The SMILES string of the molecule is C/C=C\[C@@]12CCC[C@@H](CCN1CCO)C2. The molecule has 2 rings (SSSR count). The van der Waals surface area contributed by atoms with Crippen molar-refractivity contribution in [2.45, 2.75) is 44.6 Å². The zero-order valence-corrected chi connectivity index (χ0v) is 9.78. The molecule has 15 heavy (non-hydrogen) atoms. The molecule has 2 atom stereocenters. The highest BCUT2D eigenvalue weighted by Crippen LogP contribution is 2.43. The van der Waals surface area contributed by atoms with Crippen molar-refractivity contribution < 1.29 is 5.11 Å². The summed E-state index contributed by atoms with van der Waals surface area (Å²) in [6.45, 7) is 4.43. The first kappa shape index (κ1) is 11.2. The normalized spacial score (nSPS) is 37.3. The number of fused-ring (bicyclic) bond motifs is 2. The van der Waals surface area contributed by atoms with E-state index in [4.69, 9.17) is 5.11 Å². The van der Waals surface area contributed by atoms with Crippen LogP contribution in [0.15, 0.2) is 12.2 Å². The van der Waals surface area contributed by atoms with Gasteiger partial charge in [-0.15, -0.1) is 0 Å². The Morgan fingerprint density at radius 1 is 1.47 bits per heavy atom. The van der Waals surface area contributed by atoms with Crippen LogP contribution in [0, 0.1) is 5.92 Å². The molecule has 2 nitrogen and oxygen atoms in total. The minimum atomic E-state index is 0.290. The minimum absolute atomic E-state index is 0.290. The van der Waals surface area contributed by atoms with Gasteiger partial charge >= 0.3 is 0 Å². The predicted molar refractivity (Wildman–Crippen MR) is 62.8 cm³/mol. The first-order valence-electron chi connectivity index (χ1n) is 6.30. The highest BCUT2D eigenvalue weighted by Gasteiger charge is 2.42. The topological polar surface area (TPSA) is 23.5 Å². The van der Waals surface area contributed by atoms with Gasteiger partial charge in [-0.05, 0) is 38.6 Å². The van der Waals surface area contributed by atoms with E-state index in [2.05, 4.69) is 24.0 Å². The van der Waals surface area contributed by atoms with E-state index in [1.54, 1.807) is 0 Å². The van der Waals surface area contributed by atoms with Crippen LogP contribution in [-0.2, 0) is 0 Å². The minimum Gasteiger partial charge on any atom is -0.395 e. The van der Waals surface area contributed by atoms with E-state index >= 15 is 0 Å². The van der Waals surface area contributed by atoms with Crippen LogP contribution in [0.2, 0.25) is 0 Å².